The molecule has 1 aliphatic carbocycles. The van der Waals surface area contributed by atoms with Crippen LogP contribution in [0, 0.1) is 0 Å². The summed E-state index contributed by atoms with van der Waals surface area (Å²) in [6.45, 7) is 1.88. The fraction of sp³-hybridized carbons (Fsp3) is 0.385. The molecule has 0 N–H and O–H groups in total. The predicted molar refractivity (Wildman–Crippen MR) is 64.4 cm³/mol. The minimum atomic E-state index is -0.802. The number of ether oxygens (including phenoxy) is 1. The first-order valence-electron chi connectivity index (χ1n) is 5.66. The molecule has 0 bridgehead atoms. The Kier molecular flexibility index (Phi) is 3.48. The van der Waals surface area contributed by atoms with E-state index in [-0.39, 0.29) is 6.61 Å². The van der Waals surface area contributed by atoms with Crippen LogP contribution in [0.5, 0.6) is 0 Å². The van der Waals surface area contributed by atoms with E-state index >= 15 is 0 Å². The second kappa shape index (κ2) is 4.88. The van der Waals surface area contributed by atoms with Gasteiger partial charge < -0.3 is 4.74 Å². The van der Waals surface area contributed by atoms with Crippen molar-refractivity contribution in [3.05, 3.63) is 33.8 Å². The molecule has 1 aromatic carbocycles. The van der Waals surface area contributed by atoms with Crippen molar-refractivity contribution >= 4 is 23.4 Å². The van der Waals surface area contributed by atoms with E-state index in [0.29, 0.717) is 10.6 Å². The van der Waals surface area contributed by atoms with Crippen molar-refractivity contribution in [1.82, 2.24) is 0 Å². The summed E-state index contributed by atoms with van der Waals surface area (Å²) in [4.78, 5) is 23.4. The van der Waals surface area contributed by atoms with Gasteiger partial charge in [0.2, 0.25) is 0 Å². The number of ketones is 1. The topological polar surface area (TPSA) is 43.4 Å². The zero-order valence-corrected chi connectivity index (χ0v) is 10.3. The van der Waals surface area contributed by atoms with Crippen molar-refractivity contribution in [1.29, 1.82) is 0 Å². The maximum Gasteiger partial charge on any atom is 0.379 e. The first kappa shape index (κ1) is 12.1. The van der Waals surface area contributed by atoms with Crippen molar-refractivity contribution in [3.8, 4) is 0 Å². The van der Waals surface area contributed by atoms with Crippen LogP contribution in [0.3, 0.4) is 0 Å². The Bertz CT molecular complexity index is 480. The van der Waals surface area contributed by atoms with E-state index in [1.54, 1.807) is 13.0 Å². The van der Waals surface area contributed by atoms with E-state index in [1.807, 2.05) is 6.07 Å². The number of Topliss-reactive ketones (excluding diaryl/α,β-unsaturated/α-hetero) is 1. The quantitative estimate of drug-likeness (QED) is 0.472. The average Bonchev–Trinajstić information content (AvgIpc) is 2.75. The van der Waals surface area contributed by atoms with E-state index in [9.17, 15) is 9.59 Å². The minimum Gasteiger partial charge on any atom is -0.460 e. The summed E-state index contributed by atoms with van der Waals surface area (Å²) in [5, 5.41) is 0.498. The van der Waals surface area contributed by atoms with Crippen molar-refractivity contribution in [2.45, 2.75) is 26.2 Å². The first-order valence-corrected chi connectivity index (χ1v) is 6.04. The van der Waals surface area contributed by atoms with Crippen molar-refractivity contribution in [2.75, 3.05) is 6.61 Å². The Morgan fingerprint density at radius 1 is 1.35 bits per heavy atom. The van der Waals surface area contributed by atoms with Crippen LogP contribution in [0.25, 0.3) is 0 Å². The molecule has 0 aromatic heterocycles. The fourth-order valence-electron chi connectivity index (χ4n) is 2.18. The van der Waals surface area contributed by atoms with Crippen LogP contribution < -0.4 is 0 Å². The van der Waals surface area contributed by atoms with Crippen molar-refractivity contribution in [2.24, 2.45) is 0 Å². The number of rotatable bonds is 3. The molecule has 1 aliphatic rings. The average molecular weight is 253 g/mol. The minimum absolute atomic E-state index is 0.202. The monoisotopic (exact) mass is 252 g/mol. The van der Waals surface area contributed by atoms with Crippen LogP contribution in [-0.2, 0) is 22.4 Å². The molecule has 4 heteroatoms. The highest BCUT2D eigenvalue weighted by atomic mass is 35.5. The van der Waals surface area contributed by atoms with Gasteiger partial charge in [-0.2, -0.15) is 0 Å². The number of carbonyl (C=O) groups excluding carboxylic acids is 2. The largest absolute Gasteiger partial charge is 0.460 e. The maximum atomic E-state index is 11.9. The lowest BCUT2D eigenvalue weighted by atomic mass is 10.00. The molecule has 90 valence electrons. The number of fused-ring (bicyclic) bond motifs is 1. The molecule has 0 fully saturated rings. The normalized spacial score (nSPS) is 13.3. The maximum absolute atomic E-state index is 11.9. The van der Waals surface area contributed by atoms with Gasteiger partial charge in [0, 0.05) is 10.6 Å². The molecule has 1 aromatic rings. The first-order chi connectivity index (χ1) is 8.13. The number of aryl methyl sites for hydroxylation is 1. The van der Waals surface area contributed by atoms with Crippen LogP contribution in [-0.4, -0.2) is 18.4 Å². The van der Waals surface area contributed by atoms with Gasteiger partial charge in [0.25, 0.3) is 5.78 Å². The third kappa shape index (κ3) is 2.34. The van der Waals surface area contributed by atoms with E-state index in [2.05, 4.69) is 0 Å². The molecule has 0 atom stereocenters. The molecule has 0 heterocycles. The Labute approximate surface area is 105 Å². The number of esters is 1. The Morgan fingerprint density at radius 2 is 2.12 bits per heavy atom. The molecule has 0 aliphatic heterocycles. The van der Waals surface area contributed by atoms with Crippen molar-refractivity contribution < 1.29 is 14.3 Å². The summed E-state index contributed by atoms with van der Waals surface area (Å²) in [6, 6.07) is 3.43. The second-order valence-electron chi connectivity index (χ2n) is 3.99. The molecule has 17 heavy (non-hydrogen) atoms. The van der Waals surface area contributed by atoms with E-state index in [4.69, 9.17) is 16.3 Å². The Hall–Kier alpha value is -1.35. The summed E-state index contributed by atoms with van der Waals surface area (Å²) in [6.07, 6.45) is 2.74. The summed E-state index contributed by atoms with van der Waals surface area (Å²) >= 11 is 5.95. The number of carbonyl (C=O) groups is 2. The summed E-state index contributed by atoms with van der Waals surface area (Å²) in [5.74, 6) is -1.39. The molecular weight excluding hydrogens is 240 g/mol. The van der Waals surface area contributed by atoms with Crippen LogP contribution in [0.15, 0.2) is 12.1 Å². The van der Waals surface area contributed by atoms with Gasteiger partial charge in [0.05, 0.1) is 6.61 Å². The van der Waals surface area contributed by atoms with E-state index < -0.39 is 11.8 Å². The van der Waals surface area contributed by atoms with Crippen LogP contribution in [0.2, 0.25) is 5.02 Å². The number of benzene rings is 1. The van der Waals surface area contributed by atoms with Crippen LogP contribution in [0.1, 0.15) is 34.8 Å². The van der Waals surface area contributed by atoms with Gasteiger partial charge in [-0.25, -0.2) is 4.79 Å². The number of hydrogen-bond donors (Lipinski definition) is 0. The zero-order valence-electron chi connectivity index (χ0n) is 9.59. The summed E-state index contributed by atoms with van der Waals surface area (Å²) < 4.78 is 4.73. The Morgan fingerprint density at radius 3 is 2.82 bits per heavy atom. The molecule has 0 saturated heterocycles. The highest BCUT2D eigenvalue weighted by Crippen LogP contribution is 2.29. The zero-order chi connectivity index (χ0) is 12.4. The fourth-order valence-corrected chi connectivity index (χ4v) is 2.42. The van der Waals surface area contributed by atoms with Gasteiger partial charge in [0.1, 0.15) is 0 Å². The molecule has 0 saturated carbocycles. The highest BCUT2D eigenvalue weighted by Gasteiger charge is 2.25. The highest BCUT2D eigenvalue weighted by molar-refractivity contribution is 6.41. The van der Waals surface area contributed by atoms with Gasteiger partial charge in [0.15, 0.2) is 0 Å². The number of halogens is 1. The van der Waals surface area contributed by atoms with Gasteiger partial charge >= 0.3 is 5.97 Å². The molecule has 2 rings (SSSR count). The predicted octanol–water partition coefficient (Wildman–Crippen LogP) is 2.57. The third-order valence-corrected chi connectivity index (χ3v) is 3.10. The standard InChI is InChI=1S/C13H13ClO3/c1-2-17-13(16)12(15)11-7-9(14)6-8-4-3-5-10(8)11/h6-7H,2-5H2,1H3. The summed E-state index contributed by atoms with van der Waals surface area (Å²) in [7, 11) is 0. The lowest BCUT2D eigenvalue weighted by Gasteiger charge is -2.07. The van der Waals surface area contributed by atoms with E-state index in [0.717, 1.165) is 30.4 Å². The van der Waals surface area contributed by atoms with E-state index in [1.165, 1.54) is 0 Å². The van der Waals surface area contributed by atoms with Gasteiger partial charge in [-0.1, -0.05) is 11.6 Å². The molecule has 0 amide bonds. The van der Waals surface area contributed by atoms with Crippen LogP contribution >= 0.6 is 11.6 Å². The molecule has 0 radical (unpaired) electrons. The number of hydrogen-bond acceptors (Lipinski definition) is 3. The lowest BCUT2D eigenvalue weighted by molar-refractivity contribution is -0.137. The van der Waals surface area contributed by atoms with Gasteiger partial charge in [-0.05, 0) is 49.4 Å². The third-order valence-electron chi connectivity index (χ3n) is 2.89. The molecule has 0 spiro atoms. The molecular formula is C13H13ClO3. The smallest absolute Gasteiger partial charge is 0.379 e. The van der Waals surface area contributed by atoms with Crippen LogP contribution in [0.4, 0.5) is 0 Å². The van der Waals surface area contributed by atoms with Crippen molar-refractivity contribution in [3.63, 3.8) is 0 Å². The Balaban J connectivity index is 2.39. The molecule has 0 unspecified atom stereocenters. The lowest BCUT2D eigenvalue weighted by Crippen LogP contribution is -2.19. The molecule has 3 nitrogen and oxygen atoms in total. The van der Waals surface area contributed by atoms with Gasteiger partial charge in [-0.3, -0.25) is 4.79 Å². The summed E-state index contributed by atoms with van der Waals surface area (Å²) in [5.41, 5.74) is 2.43. The second-order valence-corrected chi connectivity index (χ2v) is 4.43. The van der Waals surface area contributed by atoms with Gasteiger partial charge in [-0.15, -0.1) is 0 Å². The SMILES string of the molecule is CCOC(=O)C(=O)c1cc(Cl)cc2c1CCC2.